The van der Waals surface area contributed by atoms with E-state index in [1.807, 2.05) is 6.07 Å². The molecule has 0 N–H and O–H groups in total. The van der Waals surface area contributed by atoms with E-state index >= 15 is 0 Å². The molecule has 0 fully saturated rings. The van der Waals surface area contributed by atoms with Crippen LogP contribution in [0.4, 0.5) is 0 Å². The summed E-state index contributed by atoms with van der Waals surface area (Å²) in [5, 5.41) is 2.31. The molecule has 1 aromatic carbocycles. The zero-order chi connectivity index (χ0) is 16.2. The lowest BCUT2D eigenvalue weighted by Gasteiger charge is -2.09. The number of hydrogen-bond acceptors (Lipinski definition) is 3. The van der Waals surface area contributed by atoms with Gasteiger partial charge in [-0.25, -0.2) is 4.98 Å². The van der Waals surface area contributed by atoms with Gasteiger partial charge in [-0.2, -0.15) is 0 Å². The van der Waals surface area contributed by atoms with Crippen molar-refractivity contribution in [3.05, 3.63) is 53.5 Å². The molecule has 0 bridgehead atoms. The molecule has 0 aliphatic rings. The van der Waals surface area contributed by atoms with Crippen LogP contribution >= 0.6 is 11.8 Å². The Hall–Kier alpha value is -1.81. The lowest BCUT2D eigenvalue weighted by atomic mass is 10.2. The van der Waals surface area contributed by atoms with E-state index in [2.05, 4.69) is 55.7 Å². The van der Waals surface area contributed by atoms with Crippen LogP contribution in [0.1, 0.15) is 36.8 Å². The summed E-state index contributed by atoms with van der Waals surface area (Å²) in [5.74, 6) is 0.854. The molecule has 0 atom stereocenters. The first-order valence-electron chi connectivity index (χ1n) is 8.20. The second-order valence-corrected chi connectivity index (χ2v) is 6.80. The van der Waals surface area contributed by atoms with E-state index in [4.69, 9.17) is 9.97 Å². The second kappa shape index (κ2) is 7.18. The van der Waals surface area contributed by atoms with E-state index in [-0.39, 0.29) is 0 Å². The van der Waals surface area contributed by atoms with Gasteiger partial charge in [0.15, 0.2) is 5.16 Å². The third kappa shape index (κ3) is 3.58. The lowest BCUT2D eigenvalue weighted by Crippen LogP contribution is -2.02. The van der Waals surface area contributed by atoms with Crippen molar-refractivity contribution in [2.45, 2.75) is 51.1 Å². The Morgan fingerprint density at radius 1 is 1.04 bits per heavy atom. The third-order valence-electron chi connectivity index (χ3n) is 4.16. The number of benzene rings is 1. The molecule has 0 spiro atoms. The molecule has 0 unspecified atom stereocenters. The molecule has 3 nitrogen and oxygen atoms in total. The van der Waals surface area contributed by atoms with Gasteiger partial charge in [0.2, 0.25) is 0 Å². The molecule has 0 aliphatic heterocycles. The molecule has 3 aromatic rings. The molecule has 0 saturated carbocycles. The Labute approximate surface area is 142 Å². The highest BCUT2D eigenvalue weighted by molar-refractivity contribution is 7.98. The first-order valence-corrected chi connectivity index (χ1v) is 9.18. The predicted molar refractivity (Wildman–Crippen MR) is 97.9 cm³/mol. The first kappa shape index (κ1) is 16.1. The first-order chi connectivity index (χ1) is 11.2. The number of para-hydroxylation sites is 1. The maximum Gasteiger partial charge on any atom is 0.168 e. The number of imidazole rings is 1. The van der Waals surface area contributed by atoms with Crippen molar-refractivity contribution in [2.24, 2.45) is 0 Å². The molecule has 23 heavy (non-hydrogen) atoms. The van der Waals surface area contributed by atoms with E-state index in [1.165, 1.54) is 23.9 Å². The van der Waals surface area contributed by atoms with Crippen molar-refractivity contribution in [3.63, 3.8) is 0 Å². The summed E-state index contributed by atoms with van der Waals surface area (Å²) in [6.07, 6.45) is 2.39. The van der Waals surface area contributed by atoms with Gasteiger partial charge in [-0.15, -0.1) is 0 Å². The van der Waals surface area contributed by atoms with Crippen molar-refractivity contribution in [2.75, 3.05) is 0 Å². The number of hydrogen-bond donors (Lipinski definition) is 0. The summed E-state index contributed by atoms with van der Waals surface area (Å²) in [6.45, 7) is 7.54. The van der Waals surface area contributed by atoms with Crippen LogP contribution < -0.4 is 0 Å². The number of fused-ring (bicyclic) bond motifs is 1. The average Bonchev–Trinajstić information content (AvgIpc) is 2.85. The van der Waals surface area contributed by atoms with Gasteiger partial charge in [-0.1, -0.05) is 49.4 Å². The molecular formula is C19H23N3S. The molecular weight excluding hydrogens is 302 g/mol. The Morgan fingerprint density at radius 2 is 1.87 bits per heavy atom. The van der Waals surface area contributed by atoms with E-state index in [0.717, 1.165) is 34.4 Å². The van der Waals surface area contributed by atoms with Crippen LogP contribution in [0.25, 0.3) is 10.9 Å². The highest BCUT2D eigenvalue weighted by Crippen LogP contribution is 2.25. The number of rotatable bonds is 6. The Balaban J connectivity index is 1.77. The van der Waals surface area contributed by atoms with Crippen LogP contribution in [0.15, 0.2) is 41.6 Å². The standard InChI is InChI=1S/C19H23N3S/c1-4-5-12-22-15(3)14(2)20-19(22)23-13-17-11-10-16-8-6-7-9-18(16)21-17/h6-11H,4-5,12-13H2,1-3H3. The fourth-order valence-corrected chi connectivity index (χ4v) is 3.66. The molecule has 0 radical (unpaired) electrons. The summed E-state index contributed by atoms with van der Waals surface area (Å²) in [7, 11) is 0. The Morgan fingerprint density at radius 3 is 2.70 bits per heavy atom. The van der Waals surface area contributed by atoms with Crippen LogP contribution in [0.2, 0.25) is 0 Å². The molecule has 0 saturated heterocycles. The lowest BCUT2D eigenvalue weighted by molar-refractivity contribution is 0.575. The van der Waals surface area contributed by atoms with Gasteiger partial charge in [0.1, 0.15) is 0 Å². The van der Waals surface area contributed by atoms with Crippen molar-refractivity contribution < 1.29 is 0 Å². The van der Waals surface area contributed by atoms with Gasteiger partial charge in [0, 0.05) is 23.4 Å². The van der Waals surface area contributed by atoms with Crippen LogP contribution in [-0.2, 0) is 12.3 Å². The van der Waals surface area contributed by atoms with Crippen LogP contribution in [0.3, 0.4) is 0 Å². The molecule has 2 aromatic heterocycles. The van der Waals surface area contributed by atoms with E-state index in [0.29, 0.717) is 0 Å². The van der Waals surface area contributed by atoms with Crippen molar-refractivity contribution in [1.29, 1.82) is 0 Å². The molecule has 120 valence electrons. The van der Waals surface area contributed by atoms with Gasteiger partial charge >= 0.3 is 0 Å². The Kier molecular flexibility index (Phi) is 5.01. The molecule has 0 amide bonds. The summed E-state index contributed by atoms with van der Waals surface area (Å²) in [6, 6.07) is 12.5. The monoisotopic (exact) mass is 325 g/mol. The van der Waals surface area contributed by atoms with Crippen molar-refractivity contribution >= 4 is 22.7 Å². The molecule has 4 heteroatoms. The molecule has 2 heterocycles. The number of unbranched alkanes of at least 4 members (excludes halogenated alkanes) is 1. The summed E-state index contributed by atoms with van der Waals surface area (Å²) in [4.78, 5) is 9.49. The number of pyridine rings is 1. The van der Waals surface area contributed by atoms with Crippen molar-refractivity contribution in [1.82, 2.24) is 14.5 Å². The normalized spacial score (nSPS) is 11.3. The van der Waals surface area contributed by atoms with Gasteiger partial charge in [0.05, 0.1) is 16.9 Å². The fourth-order valence-electron chi connectivity index (χ4n) is 2.64. The highest BCUT2D eigenvalue weighted by Gasteiger charge is 2.11. The largest absolute Gasteiger partial charge is 0.323 e. The van der Waals surface area contributed by atoms with Crippen LogP contribution in [0, 0.1) is 13.8 Å². The highest BCUT2D eigenvalue weighted by atomic mass is 32.2. The summed E-state index contributed by atoms with van der Waals surface area (Å²) in [5.41, 5.74) is 4.59. The summed E-state index contributed by atoms with van der Waals surface area (Å²) >= 11 is 1.78. The zero-order valence-electron chi connectivity index (χ0n) is 14.0. The smallest absolute Gasteiger partial charge is 0.168 e. The minimum Gasteiger partial charge on any atom is -0.323 e. The topological polar surface area (TPSA) is 30.7 Å². The van der Waals surface area contributed by atoms with Crippen molar-refractivity contribution in [3.8, 4) is 0 Å². The molecule has 3 rings (SSSR count). The maximum absolute atomic E-state index is 4.75. The number of aryl methyl sites for hydroxylation is 1. The molecule has 0 aliphatic carbocycles. The predicted octanol–water partition coefficient (Wildman–Crippen LogP) is 5.14. The van der Waals surface area contributed by atoms with Gasteiger partial charge < -0.3 is 4.57 Å². The third-order valence-corrected chi connectivity index (χ3v) is 5.17. The van der Waals surface area contributed by atoms with Crippen LogP contribution in [-0.4, -0.2) is 14.5 Å². The Bertz CT molecular complexity index is 807. The van der Waals surface area contributed by atoms with E-state index < -0.39 is 0 Å². The minimum atomic E-state index is 0.854. The fraction of sp³-hybridized carbons (Fsp3) is 0.368. The van der Waals surface area contributed by atoms with Gasteiger partial charge in [-0.05, 0) is 32.4 Å². The second-order valence-electron chi connectivity index (χ2n) is 5.85. The van der Waals surface area contributed by atoms with Gasteiger partial charge in [0.25, 0.3) is 0 Å². The minimum absolute atomic E-state index is 0.854. The van der Waals surface area contributed by atoms with Crippen LogP contribution in [0.5, 0.6) is 0 Å². The van der Waals surface area contributed by atoms with E-state index in [9.17, 15) is 0 Å². The van der Waals surface area contributed by atoms with Gasteiger partial charge in [-0.3, -0.25) is 4.98 Å². The van der Waals surface area contributed by atoms with E-state index in [1.54, 1.807) is 11.8 Å². The quantitative estimate of drug-likeness (QED) is 0.588. The zero-order valence-corrected chi connectivity index (χ0v) is 14.9. The maximum atomic E-state index is 4.75. The summed E-state index contributed by atoms with van der Waals surface area (Å²) < 4.78 is 2.35. The number of nitrogens with zero attached hydrogens (tertiary/aromatic N) is 3. The SMILES string of the molecule is CCCCn1c(SCc2ccc3ccccc3n2)nc(C)c1C. The average molecular weight is 325 g/mol. The number of aromatic nitrogens is 3. The number of thioether (sulfide) groups is 1.